The van der Waals surface area contributed by atoms with Crippen molar-refractivity contribution in [2.75, 3.05) is 13.2 Å². The zero-order valence-corrected chi connectivity index (χ0v) is 13.9. The van der Waals surface area contributed by atoms with E-state index < -0.39 is 12.1 Å². The Bertz CT molecular complexity index is 292. The third-order valence-electron chi connectivity index (χ3n) is 2.94. The molecule has 0 saturated carbocycles. The summed E-state index contributed by atoms with van der Waals surface area (Å²) in [5.74, 6) is -0.0965. The molecule has 5 nitrogen and oxygen atoms in total. The minimum Gasteiger partial charge on any atom is -0.464 e. The number of ether oxygens (including phenoxy) is 2. The topological polar surface area (TPSA) is 64.6 Å². The number of esters is 1. The molecule has 0 aliphatic rings. The molecule has 0 spiro atoms. The second-order valence-corrected chi connectivity index (χ2v) is 5.71. The third kappa shape index (κ3) is 11.1. The molecule has 1 N–H and O–H groups in total. The molecule has 0 fully saturated rings. The molecule has 21 heavy (non-hydrogen) atoms. The van der Waals surface area contributed by atoms with Gasteiger partial charge in [-0.1, -0.05) is 53.4 Å². The molecule has 124 valence electrons. The smallest absolute Gasteiger partial charge is 0.407 e. The maximum Gasteiger partial charge on any atom is 0.407 e. The molecular weight excluding hydrogens is 270 g/mol. The van der Waals surface area contributed by atoms with Crippen molar-refractivity contribution in [1.29, 1.82) is 0 Å². The number of unbranched alkanes of at least 4 members (excludes halogenated alkanes) is 3. The maximum atomic E-state index is 11.9. The van der Waals surface area contributed by atoms with Crippen molar-refractivity contribution in [2.24, 2.45) is 5.92 Å². The van der Waals surface area contributed by atoms with Gasteiger partial charge in [-0.05, 0) is 18.8 Å². The van der Waals surface area contributed by atoms with Crippen molar-refractivity contribution in [1.82, 2.24) is 5.32 Å². The fourth-order valence-electron chi connectivity index (χ4n) is 1.77. The molecule has 0 aromatic rings. The number of hydrogen-bond acceptors (Lipinski definition) is 4. The summed E-state index contributed by atoms with van der Waals surface area (Å²) in [6, 6.07) is -0.610. The summed E-state index contributed by atoms with van der Waals surface area (Å²) in [4.78, 5) is 23.6. The Morgan fingerprint density at radius 1 is 1.00 bits per heavy atom. The van der Waals surface area contributed by atoms with Crippen molar-refractivity contribution in [2.45, 2.75) is 72.3 Å². The van der Waals surface area contributed by atoms with Gasteiger partial charge in [-0.25, -0.2) is 9.59 Å². The number of carbonyl (C=O) groups excluding carboxylic acids is 2. The number of nitrogens with one attached hydrogen (secondary N) is 1. The summed E-state index contributed by atoms with van der Waals surface area (Å²) in [6.07, 6.45) is 5.03. The van der Waals surface area contributed by atoms with E-state index in [2.05, 4.69) is 12.2 Å². The van der Waals surface area contributed by atoms with Gasteiger partial charge in [-0.3, -0.25) is 0 Å². The summed E-state index contributed by atoms with van der Waals surface area (Å²) in [5, 5.41) is 2.59. The van der Waals surface area contributed by atoms with E-state index in [-0.39, 0.29) is 11.9 Å². The normalized spacial score (nSPS) is 12.0. The van der Waals surface area contributed by atoms with Gasteiger partial charge < -0.3 is 14.8 Å². The first-order valence-corrected chi connectivity index (χ1v) is 8.11. The number of alkyl carbamates (subject to hydrolysis) is 1. The molecule has 0 aromatic heterocycles. The molecule has 0 heterocycles. The molecule has 5 heteroatoms. The fraction of sp³-hybridized carbons (Fsp3) is 0.875. The summed E-state index contributed by atoms with van der Waals surface area (Å²) in [7, 11) is 0. The summed E-state index contributed by atoms with van der Waals surface area (Å²) >= 11 is 0. The monoisotopic (exact) mass is 301 g/mol. The van der Waals surface area contributed by atoms with Crippen LogP contribution in [0.1, 0.15) is 66.2 Å². The van der Waals surface area contributed by atoms with E-state index >= 15 is 0 Å². The Hall–Kier alpha value is -1.26. The first kappa shape index (κ1) is 19.7. The lowest BCUT2D eigenvalue weighted by Gasteiger charge is -2.17. The van der Waals surface area contributed by atoms with Gasteiger partial charge in [0.15, 0.2) is 0 Å². The molecule has 0 saturated heterocycles. The molecule has 0 aliphatic heterocycles. The molecule has 1 amide bonds. The van der Waals surface area contributed by atoms with Crippen LogP contribution >= 0.6 is 0 Å². The van der Waals surface area contributed by atoms with Crippen molar-refractivity contribution in [3.8, 4) is 0 Å². The first-order chi connectivity index (χ1) is 10.0. The van der Waals surface area contributed by atoms with Gasteiger partial charge in [0.25, 0.3) is 0 Å². The Kier molecular flexibility index (Phi) is 11.7. The number of carbonyl (C=O) groups is 2. The Morgan fingerprint density at radius 2 is 1.71 bits per heavy atom. The lowest BCUT2D eigenvalue weighted by molar-refractivity contribution is -0.146. The van der Waals surface area contributed by atoms with Crippen LogP contribution in [-0.4, -0.2) is 31.3 Å². The van der Waals surface area contributed by atoms with Gasteiger partial charge in [0.2, 0.25) is 0 Å². The van der Waals surface area contributed by atoms with Gasteiger partial charge in [0.05, 0.1) is 13.2 Å². The lowest BCUT2D eigenvalue weighted by Crippen LogP contribution is -2.42. The minimum atomic E-state index is -0.610. The van der Waals surface area contributed by atoms with Gasteiger partial charge >= 0.3 is 12.1 Å². The Balaban J connectivity index is 4.07. The molecule has 0 rings (SSSR count). The third-order valence-corrected chi connectivity index (χ3v) is 2.94. The SMILES string of the molecule is CCCCCCOC(=O)C(CCC)NC(=O)OCC(C)C. The van der Waals surface area contributed by atoms with Crippen LogP contribution in [0.15, 0.2) is 0 Å². The van der Waals surface area contributed by atoms with Crippen LogP contribution in [0.3, 0.4) is 0 Å². The Labute approximate surface area is 128 Å². The predicted octanol–water partition coefficient (Wildman–Crippen LogP) is 3.66. The number of hydrogen-bond donors (Lipinski definition) is 1. The number of amides is 1. The van der Waals surface area contributed by atoms with Crippen LogP contribution in [0.4, 0.5) is 4.79 Å². The second-order valence-electron chi connectivity index (χ2n) is 5.71. The molecule has 0 aromatic carbocycles. The van der Waals surface area contributed by atoms with Gasteiger partial charge in [-0.2, -0.15) is 0 Å². The second kappa shape index (κ2) is 12.5. The van der Waals surface area contributed by atoms with Gasteiger partial charge in [0, 0.05) is 0 Å². The van der Waals surface area contributed by atoms with E-state index in [0.717, 1.165) is 32.1 Å². The van der Waals surface area contributed by atoms with E-state index in [0.29, 0.717) is 19.6 Å². The maximum absolute atomic E-state index is 11.9. The molecule has 0 radical (unpaired) electrons. The van der Waals surface area contributed by atoms with Crippen LogP contribution < -0.4 is 5.32 Å². The molecule has 0 bridgehead atoms. The van der Waals surface area contributed by atoms with Crippen molar-refractivity contribution in [3.63, 3.8) is 0 Å². The highest BCUT2D eigenvalue weighted by Gasteiger charge is 2.22. The van der Waals surface area contributed by atoms with E-state index in [1.165, 1.54) is 0 Å². The highest BCUT2D eigenvalue weighted by Crippen LogP contribution is 2.04. The van der Waals surface area contributed by atoms with E-state index in [1.54, 1.807) is 0 Å². The minimum absolute atomic E-state index is 0.269. The van der Waals surface area contributed by atoms with E-state index in [9.17, 15) is 9.59 Å². The van der Waals surface area contributed by atoms with Gasteiger partial charge in [-0.15, -0.1) is 0 Å². The van der Waals surface area contributed by atoms with Crippen LogP contribution in [0.25, 0.3) is 0 Å². The van der Waals surface area contributed by atoms with Crippen molar-refractivity contribution < 1.29 is 19.1 Å². The van der Waals surface area contributed by atoms with Crippen LogP contribution in [0, 0.1) is 5.92 Å². The fourth-order valence-corrected chi connectivity index (χ4v) is 1.77. The number of rotatable bonds is 11. The molecular formula is C16H31NO4. The predicted molar refractivity (Wildman–Crippen MR) is 83.1 cm³/mol. The zero-order chi connectivity index (χ0) is 16.1. The summed E-state index contributed by atoms with van der Waals surface area (Å²) in [6.45, 7) is 8.78. The van der Waals surface area contributed by atoms with Crippen LogP contribution in [0.2, 0.25) is 0 Å². The average molecular weight is 301 g/mol. The van der Waals surface area contributed by atoms with E-state index in [1.807, 2.05) is 20.8 Å². The van der Waals surface area contributed by atoms with Crippen LogP contribution in [-0.2, 0) is 14.3 Å². The molecule has 0 aliphatic carbocycles. The standard InChI is InChI=1S/C16H31NO4/c1-5-7-8-9-11-20-15(18)14(10-6-2)17-16(19)21-12-13(3)4/h13-14H,5-12H2,1-4H3,(H,17,19). The van der Waals surface area contributed by atoms with Gasteiger partial charge in [0.1, 0.15) is 6.04 Å². The molecule has 1 atom stereocenters. The summed E-state index contributed by atoms with van der Waals surface area (Å²) < 4.78 is 10.3. The highest BCUT2D eigenvalue weighted by atomic mass is 16.6. The molecule has 1 unspecified atom stereocenters. The lowest BCUT2D eigenvalue weighted by atomic mass is 10.1. The Morgan fingerprint density at radius 3 is 2.29 bits per heavy atom. The van der Waals surface area contributed by atoms with E-state index in [4.69, 9.17) is 9.47 Å². The van der Waals surface area contributed by atoms with Crippen LogP contribution in [0.5, 0.6) is 0 Å². The highest BCUT2D eigenvalue weighted by molar-refractivity contribution is 5.81. The van der Waals surface area contributed by atoms with Crippen molar-refractivity contribution >= 4 is 12.1 Å². The average Bonchev–Trinajstić information content (AvgIpc) is 2.44. The first-order valence-electron chi connectivity index (χ1n) is 8.11. The largest absolute Gasteiger partial charge is 0.464 e. The summed E-state index contributed by atoms with van der Waals surface area (Å²) in [5.41, 5.74) is 0. The quantitative estimate of drug-likeness (QED) is 0.467. The zero-order valence-electron chi connectivity index (χ0n) is 13.9. The van der Waals surface area contributed by atoms with Crippen molar-refractivity contribution in [3.05, 3.63) is 0 Å².